The molecule has 3 rings (SSSR count). The normalized spacial score (nSPS) is 28.3. The summed E-state index contributed by atoms with van der Waals surface area (Å²) in [6, 6.07) is 5.96. The molecule has 1 saturated carbocycles. The third-order valence-corrected chi connectivity index (χ3v) is 5.27. The Morgan fingerprint density at radius 2 is 1.71 bits per heavy atom. The molecule has 2 N–H and O–H groups in total. The number of fused-ring (bicyclic) bond motifs is 2. The average molecular weight is 309 g/mol. The van der Waals surface area contributed by atoms with Crippen molar-refractivity contribution in [3.8, 4) is 11.5 Å². The van der Waals surface area contributed by atoms with Gasteiger partial charge in [-0.2, -0.15) is 13.1 Å². The van der Waals surface area contributed by atoms with Crippen LogP contribution < -0.4 is 8.91 Å². The van der Waals surface area contributed by atoms with Gasteiger partial charge >= 0.3 is 10.3 Å². The van der Waals surface area contributed by atoms with Crippen molar-refractivity contribution in [2.24, 2.45) is 11.8 Å². The lowest BCUT2D eigenvalue weighted by atomic mass is 9.97. The van der Waals surface area contributed by atoms with Crippen LogP contribution in [0, 0.1) is 11.8 Å². The van der Waals surface area contributed by atoms with Crippen LogP contribution in [0.5, 0.6) is 11.5 Å². The third-order valence-electron chi connectivity index (χ3n) is 4.31. The van der Waals surface area contributed by atoms with Gasteiger partial charge in [-0.15, -0.1) is 0 Å². The molecule has 1 fully saturated rings. The lowest BCUT2D eigenvalue weighted by Crippen LogP contribution is -2.42. The number of phenols is 1. The zero-order valence-electron chi connectivity index (χ0n) is 11.6. The van der Waals surface area contributed by atoms with E-state index in [0.717, 1.165) is 25.7 Å². The van der Waals surface area contributed by atoms with Gasteiger partial charge in [0, 0.05) is 6.04 Å². The molecule has 5 nitrogen and oxygen atoms in total. The van der Waals surface area contributed by atoms with Gasteiger partial charge in [0.15, 0.2) is 11.5 Å². The maximum atomic E-state index is 12.2. The zero-order chi connectivity index (χ0) is 14.9. The highest BCUT2D eigenvalue weighted by Gasteiger charge is 2.38. The van der Waals surface area contributed by atoms with Crippen molar-refractivity contribution in [1.82, 2.24) is 4.72 Å². The summed E-state index contributed by atoms with van der Waals surface area (Å²) in [6.07, 6.45) is 8.15. The SMILES string of the molecule is O=S(=O)(NC1C2CC=CCC1CC2)Oc1ccccc1O. The molecule has 114 valence electrons. The highest BCUT2D eigenvalue weighted by Crippen LogP contribution is 2.39. The molecule has 2 bridgehead atoms. The summed E-state index contributed by atoms with van der Waals surface area (Å²) in [6.45, 7) is 0. The number of hydrogen-bond acceptors (Lipinski definition) is 4. The minimum absolute atomic E-state index is 0.0518. The van der Waals surface area contributed by atoms with Gasteiger partial charge in [-0.3, -0.25) is 0 Å². The maximum Gasteiger partial charge on any atom is 0.383 e. The van der Waals surface area contributed by atoms with Gasteiger partial charge in [0.25, 0.3) is 0 Å². The third kappa shape index (κ3) is 3.22. The molecule has 6 heteroatoms. The molecule has 0 amide bonds. The number of benzene rings is 1. The molecular weight excluding hydrogens is 290 g/mol. The summed E-state index contributed by atoms with van der Waals surface area (Å²) in [5, 5.41) is 9.61. The summed E-state index contributed by atoms with van der Waals surface area (Å²) >= 11 is 0. The first-order chi connectivity index (χ1) is 10.1. The predicted octanol–water partition coefficient (Wildman–Crippen LogP) is 2.35. The molecule has 2 atom stereocenters. The van der Waals surface area contributed by atoms with Crippen LogP contribution in [0.3, 0.4) is 0 Å². The molecule has 21 heavy (non-hydrogen) atoms. The molecule has 0 radical (unpaired) electrons. The minimum atomic E-state index is -3.94. The lowest BCUT2D eigenvalue weighted by Gasteiger charge is -2.23. The van der Waals surface area contributed by atoms with Gasteiger partial charge in [-0.05, 0) is 49.7 Å². The largest absolute Gasteiger partial charge is 0.504 e. The monoisotopic (exact) mass is 309 g/mol. The van der Waals surface area contributed by atoms with E-state index < -0.39 is 10.3 Å². The summed E-state index contributed by atoms with van der Waals surface area (Å²) in [5.74, 6) is 0.422. The fourth-order valence-electron chi connectivity index (χ4n) is 3.27. The summed E-state index contributed by atoms with van der Waals surface area (Å²) in [5.41, 5.74) is 0. The smallest absolute Gasteiger partial charge is 0.383 e. The van der Waals surface area contributed by atoms with Gasteiger partial charge in [-0.1, -0.05) is 24.3 Å². The second-order valence-corrected chi connectivity index (χ2v) is 7.00. The lowest BCUT2D eigenvalue weighted by molar-refractivity contribution is 0.364. The first-order valence-electron chi connectivity index (χ1n) is 7.20. The second-order valence-electron chi connectivity index (χ2n) is 5.69. The molecule has 0 aliphatic heterocycles. The number of phenolic OH excluding ortho intramolecular Hbond substituents is 1. The van der Waals surface area contributed by atoms with E-state index in [1.54, 1.807) is 12.1 Å². The van der Waals surface area contributed by atoms with Gasteiger partial charge in [0.2, 0.25) is 0 Å². The Kier molecular flexibility index (Phi) is 3.91. The van der Waals surface area contributed by atoms with Crippen LogP contribution in [-0.2, 0) is 10.3 Å². The van der Waals surface area contributed by atoms with E-state index in [4.69, 9.17) is 4.18 Å². The summed E-state index contributed by atoms with van der Waals surface area (Å²) in [7, 11) is -3.94. The summed E-state index contributed by atoms with van der Waals surface area (Å²) in [4.78, 5) is 0. The molecular formula is C15H19NO4S. The highest BCUT2D eigenvalue weighted by molar-refractivity contribution is 7.85. The minimum Gasteiger partial charge on any atom is -0.504 e. The van der Waals surface area contributed by atoms with Crippen LogP contribution in [0.25, 0.3) is 0 Å². The Labute approximate surface area is 124 Å². The van der Waals surface area contributed by atoms with E-state index in [1.165, 1.54) is 12.1 Å². The van der Waals surface area contributed by atoms with Crippen LogP contribution in [-0.4, -0.2) is 19.6 Å². The van der Waals surface area contributed by atoms with Crippen molar-refractivity contribution in [2.75, 3.05) is 0 Å². The Hall–Kier alpha value is -1.53. The fraction of sp³-hybridized carbons (Fsp3) is 0.467. The first-order valence-corrected chi connectivity index (χ1v) is 8.61. The molecule has 1 aromatic carbocycles. The van der Waals surface area contributed by atoms with Crippen LogP contribution in [0.15, 0.2) is 36.4 Å². The van der Waals surface area contributed by atoms with Crippen LogP contribution in [0.1, 0.15) is 25.7 Å². The molecule has 0 saturated heterocycles. The van der Waals surface area contributed by atoms with Gasteiger partial charge in [-0.25, -0.2) is 0 Å². The standard InChI is InChI=1S/C15H19NO4S/c17-13-7-3-4-8-14(13)20-21(18,19)16-15-11-5-1-2-6-12(15)10-9-11/h1-4,7-8,11-12,15-17H,5-6,9-10H2. The molecule has 1 aromatic rings. The molecule has 0 heterocycles. The quantitative estimate of drug-likeness (QED) is 0.837. The molecule has 2 unspecified atom stereocenters. The average Bonchev–Trinajstić information content (AvgIpc) is 2.65. The maximum absolute atomic E-state index is 12.2. The van der Waals surface area contributed by atoms with E-state index in [1.807, 2.05) is 0 Å². The van der Waals surface area contributed by atoms with E-state index in [2.05, 4.69) is 16.9 Å². The number of aromatic hydroxyl groups is 1. The van der Waals surface area contributed by atoms with Crippen molar-refractivity contribution < 1.29 is 17.7 Å². The number of nitrogens with one attached hydrogen (secondary N) is 1. The zero-order valence-corrected chi connectivity index (χ0v) is 12.4. The summed E-state index contributed by atoms with van der Waals surface area (Å²) < 4.78 is 32.0. The van der Waals surface area contributed by atoms with E-state index >= 15 is 0 Å². The number of para-hydroxylation sites is 2. The van der Waals surface area contributed by atoms with E-state index in [0.29, 0.717) is 11.8 Å². The highest BCUT2D eigenvalue weighted by atomic mass is 32.2. The Bertz CT molecular complexity index is 625. The molecule has 2 aliphatic rings. The van der Waals surface area contributed by atoms with Gasteiger partial charge in [0.1, 0.15) is 0 Å². The number of rotatable bonds is 4. The molecule has 0 aromatic heterocycles. The second kappa shape index (κ2) is 5.69. The van der Waals surface area contributed by atoms with Crippen molar-refractivity contribution in [3.05, 3.63) is 36.4 Å². The van der Waals surface area contributed by atoms with Crippen molar-refractivity contribution in [3.63, 3.8) is 0 Å². The Morgan fingerprint density at radius 3 is 2.33 bits per heavy atom. The first kappa shape index (κ1) is 14.4. The van der Waals surface area contributed by atoms with Crippen LogP contribution in [0.4, 0.5) is 0 Å². The number of hydrogen-bond donors (Lipinski definition) is 2. The van der Waals surface area contributed by atoms with Crippen molar-refractivity contribution >= 4 is 10.3 Å². The van der Waals surface area contributed by atoms with E-state index in [-0.39, 0.29) is 17.5 Å². The van der Waals surface area contributed by atoms with Gasteiger partial charge in [0.05, 0.1) is 0 Å². The van der Waals surface area contributed by atoms with Crippen LogP contribution in [0.2, 0.25) is 0 Å². The fourth-order valence-corrected chi connectivity index (χ4v) is 4.42. The van der Waals surface area contributed by atoms with Crippen molar-refractivity contribution in [1.29, 1.82) is 0 Å². The van der Waals surface area contributed by atoms with E-state index in [9.17, 15) is 13.5 Å². The number of allylic oxidation sites excluding steroid dienone is 2. The Morgan fingerprint density at radius 1 is 1.10 bits per heavy atom. The molecule has 0 spiro atoms. The molecule has 2 aliphatic carbocycles. The van der Waals surface area contributed by atoms with Crippen LogP contribution >= 0.6 is 0 Å². The predicted molar refractivity (Wildman–Crippen MR) is 79.2 cm³/mol. The topological polar surface area (TPSA) is 75.6 Å². The van der Waals surface area contributed by atoms with Crippen molar-refractivity contribution in [2.45, 2.75) is 31.7 Å². The van der Waals surface area contributed by atoms with Gasteiger partial charge < -0.3 is 9.29 Å². The Balaban J connectivity index is 1.73.